The molecule has 0 amide bonds. The van der Waals surface area contributed by atoms with Crippen molar-refractivity contribution in [2.24, 2.45) is 5.92 Å². The lowest BCUT2D eigenvalue weighted by atomic mass is 9.88. The maximum absolute atomic E-state index is 13.6. The van der Waals surface area contributed by atoms with Gasteiger partial charge in [0, 0.05) is 24.6 Å². The van der Waals surface area contributed by atoms with Gasteiger partial charge in [-0.3, -0.25) is 14.3 Å². The Morgan fingerprint density at radius 1 is 0.974 bits per heavy atom. The SMILES string of the molecule is CC(C)Cn1c(=O)[nH]c2nc(C3CCCCC3)n(Cc3ccc(-c4ccccc4-n4cnnn4)cc3)c2c1=O. The highest BCUT2D eigenvalue weighted by Crippen LogP contribution is 2.34. The lowest BCUT2D eigenvalue weighted by Crippen LogP contribution is -2.37. The Bertz CT molecular complexity index is 1710. The maximum Gasteiger partial charge on any atom is 0.330 e. The smallest absolute Gasteiger partial charge is 0.317 e. The van der Waals surface area contributed by atoms with E-state index < -0.39 is 5.69 Å². The van der Waals surface area contributed by atoms with Gasteiger partial charge in [-0.1, -0.05) is 75.6 Å². The standard InChI is InChI=1S/C29H32N8O2/c1-19(2)16-36-28(38)25-26(32-29(36)39)31-27(22-8-4-3-5-9-22)35(25)17-20-12-14-21(15-13-20)23-10-6-7-11-24(23)37-18-30-33-34-37/h6-7,10-15,18-19,22H,3-5,8-9,16-17H2,1-2H3,(H,32,39). The summed E-state index contributed by atoms with van der Waals surface area (Å²) in [6, 6.07) is 16.3. The number of rotatable bonds is 7. The first kappa shape index (κ1) is 25.0. The molecule has 0 bridgehead atoms. The Kier molecular flexibility index (Phi) is 6.68. The highest BCUT2D eigenvalue weighted by atomic mass is 16.2. The summed E-state index contributed by atoms with van der Waals surface area (Å²) in [5, 5.41) is 11.6. The van der Waals surface area contributed by atoms with Gasteiger partial charge in [-0.15, -0.1) is 5.10 Å². The summed E-state index contributed by atoms with van der Waals surface area (Å²) >= 11 is 0. The molecule has 3 heterocycles. The van der Waals surface area contributed by atoms with E-state index in [-0.39, 0.29) is 17.4 Å². The van der Waals surface area contributed by atoms with Crippen LogP contribution in [0.2, 0.25) is 0 Å². The van der Waals surface area contributed by atoms with Crippen LogP contribution >= 0.6 is 0 Å². The average molecular weight is 525 g/mol. The first-order valence-electron chi connectivity index (χ1n) is 13.6. The van der Waals surface area contributed by atoms with Gasteiger partial charge < -0.3 is 4.57 Å². The average Bonchev–Trinajstić information content (AvgIpc) is 3.61. The number of H-pyrrole nitrogens is 1. The minimum absolute atomic E-state index is 0.166. The van der Waals surface area contributed by atoms with Crippen LogP contribution in [0.1, 0.15) is 63.3 Å². The second kappa shape index (κ2) is 10.4. The van der Waals surface area contributed by atoms with Crippen LogP contribution in [0.5, 0.6) is 0 Å². The molecule has 0 atom stereocenters. The molecular weight excluding hydrogens is 492 g/mol. The molecule has 3 aromatic heterocycles. The number of hydrogen-bond acceptors (Lipinski definition) is 6. The van der Waals surface area contributed by atoms with Gasteiger partial charge in [0.25, 0.3) is 5.56 Å². The van der Waals surface area contributed by atoms with Crippen molar-refractivity contribution in [3.63, 3.8) is 0 Å². The largest absolute Gasteiger partial charge is 0.330 e. The molecule has 5 aromatic rings. The molecule has 0 unspecified atom stereocenters. The van der Waals surface area contributed by atoms with E-state index in [1.807, 2.05) is 42.7 Å². The predicted molar refractivity (Wildman–Crippen MR) is 149 cm³/mol. The highest BCUT2D eigenvalue weighted by Gasteiger charge is 2.25. The zero-order valence-electron chi connectivity index (χ0n) is 22.2. The second-order valence-electron chi connectivity index (χ2n) is 10.8. The minimum atomic E-state index is -0.397. The highest BCUT2D eigenvalue weighted by molar-refractivity contribution is 5.73. The number of para-hydroxylation sites is 1. The van der Waals surface area contributed by atoms with Crippen molar-refractivity contribution in [2.75, 3.05) is 0 Å². The van der Waals surface area contributed by atoms with Crippen LogP contribution in [0.4, 0.5) is 0 Å². The molecule has 0 aliphatic heterocycles. The van der Waals surface area contributed by atoms with Crippen LogP contribution in [0, 0.1) is 5.92 Å². The molecule has 1 saturated carbocycles. The molecule has 0 saturated heterocycles. The number of benzene rings is 2. The molecule has 200 valence electrons. The third kappa shape index (κ3) is 4.82. The molecule has 1 fully saturated rings. The van der Waals surface area contributed by atoms with Gasteiger partial charge in [-0.05, 0) is 46.4 Å². The molecule has 10 heteroatoms. The van der Waals surface area contributed by atoms with Gasteiger partial charge in [0.2, 0.25) is 0 Å². The van der Waals surface area contributed by atoms with E-state index in [0.29, 0.717) is 24.3 Å². The fraction of sp³-hybridized carbons (Fsp3) is 0.379. The van der Waals surface area contributed by atoms with E-state index in [4.69, 9.17) is 4.98 Å². The summed E-state index contributed by atoms with van der Waals surface area (Å²) in [5.41, 5.74) is 4.19. The summed E-state index contributed by atoms with van der Waals surface area (Å²) in [6.45, 7) is 4.86. The fourth-order valence-corrected chi connectivity index (χ4v) is 5.69. The summed E-state index contributed by atoms with van der Waals surface area (Å²) in [6.07, 6.45) is 7.19. The lowest BCUT2D eigenvalue weighted by molar-refractivity contribution is 0.419. The molecule has 1 aliphatic carbocycles. The number of tetrazole rings is 1. The minimum Gasteiger partial charge on any atom is -0.317 e. The Morgan fingerprint density at radius 2 is 1.74 bits per heavy atom. The van der Waals surface area contributed by atoms with Crippen molar-refractivity contribution in [2.45, 2.75) is 65.0 Å². The Balaban J connectivity index is 1.41. The van der Waals surface area contributed by atoms with E-state index in [1.165, 1.54) is 11.0 Å². The summed E-state index contributed by atoms with van der Waals surface area (Å²) in [7, 11) is 0. The van der Waals surface area contributed by atoms with Gasteiger partial charge in [-0.2, -0.15) is 4.68 Å². The van der Waals surface area contributed by atoms with Crippen LogP contribution in [0.25, 0.3) is 28.0 Å². The number of imidazole rings is 1. The number of aromatic nitrogens is 8. The first-order chi connectivity index (χ1) is 19.0. The van der Waals surface area contributed by atoms with Crippen molar-refractivity contribution < 1.29 is 0 Å². The molecule has 39 heavy (non-hydrogen) atoms. The van der Waals surface area contributed by atoms with Crippen molar-refractivity contribution in [3.8, 4) is 16.8 Å². The predicted octanol–water partition coefficient (Wildman–Crippen LogP) is 4.28. The molecule has 1 aliphatic rings. The van der Waals surface area contributed by atoms with Crippen molar-refractivity contribution in [1.29, 1.82) is 0 Å². The van der Waals surface area contributed by atoms with Gasteiger partial charge in [-0.25, -0.2) is 9.78 Å². The number of hydrogen-bond donors (Lipinski definition) is 1. The number of fused-ring (bicyclic) bond motifs is 1. The molecular formula is C29H32N8O2. The Hall–Kier alpha value is -4.34. The maximum atomic E-state index is 13.6. The molecule has 2 aromatic carbocycles. The van der Waals surface area contributed by atoms with E-state index in [9.17, 15) is 9.59 Å². The quantitative estimate of drug-likeness (QED) is 0.340. The van der Waals surface area contributed by atoms with Gasteiger partial charge in [0.05, 0.1) is 5.69 Å². The first-order valence-corrected chi connectivity index (χ1v) is 13.6. The molecule has 0 radical (unpaired) electrons. The lowest BCUT2D eigenvalue weighted by Gasteiger charge is -2.22. The van der Waals surface area contributed by atoms with Gasteiger partial charge in [0.15, 0.2) is 11.2 Å². The van der Waals surface area contributed by atoms with Crippen LogP contribution in [-0.4, -0.2) is 39.3 Å². The Morgan fingerprint density at radius 3 is 2.46 bits per heavy atom. The summed E-state index contributed by atoms with van der Waals surface area (Å²) < 4.78 is 5.01. The monoisotopic (exact) mass is 524 g/mol. The fourth-order valence-electron chi connectivity index (χ4n) is 5.69. The molecule has 1 N–H and O–H groups in total. The second-order valence-corrected chi connectivity index (χ2v) is 10.8. The molecule has 10 nitrogen and oxygen atoms in total. The topological polar surface area (TPSA) is 116 Å². The van der Waals surface area contributed by atoms with Crippen molar-refractivity contribution >= 4 is 11.2 Å². The summed E-state index contributed by atoms with van der Waals surface area (Å²) in [5.74, 6) is 1.34. The van der Waals surface area contributed by atoms with E-state index in [2.05, 4.69) is 44.8 Å². The van der Waals surface area contributed by atoms with E-state index in [1.54, 1.807) is 11.0 Å². The number of aromatic amines is 1. The van der Waals surface area contributed by atoms with Gasteiger partial charge >= 0.3 is 5.69 Å². The van der Waals surface area contributed by atoms with Crippen molar-refractivity contribution in [3.05, 3.63) is 87.1 Å². The zero-order valence-corrected chi connectivity index (χ0v) is 22.2. The number of nitrogens with zero attached hydrogens (tertiary/aromatic N) is 7. The summed E-state index contributed by atoms with van der Waals surface area (Å²) in [4.78, 5) is 34.2. The van der Waals surface area contributed by atoms with E-state index >= 15 is 0 Å². The van der Waals surface area contributed by atoms with Crippen LogP contribution in [0.3, 0.4) is 0 Å². The molecule has 0 spiro atoms. The van der Waals surface area contributed by atoms with Crippen LogP contribution < -0.4 is 11.2 Å². The number of nitrogens with one attached hydrogen (secondary N) is 1. The van der Waals surface area contributed by atoms with Crippen LogP contribution in [0.15, 0.2) is 64.4 Å². The van der Waals surface area contributed by atoms with Gasteiger partial charge in [0.1, 0.15) is 12.2 Å². The van der Waals surface area contributed by atoms with E-state index in [0.717, 1.165) is 53.9 Å². The Labute approximate surface area is 225 Å². The third-order valence-corrected chi connectivity index (χ3v) is 7.54. The molecule has 6 rings (SSSR count). The van der Waals surface area contributed by atoms with Crippen LogP contribution in [-0.2, 0) is 13.1 Å². The van der Waals surface area contributed by atoms with Crippen molar-refractivity contribution in [1.82, 2.24) is 39.3 Å². The zero-order chi connectivity index (χ0) is 26.9. The normalized spacial score (nSPS) is 14.4. The third-order valence-electron chi connectivity index (χ3n) is 7.54.